The first kappa shape index (κ1) is 36.8. The molecule has 0 N–H and O–H groups in total. The molecule has 304 valence electrons. The fourth-order valence-corrected chi connectivity index (χ4v) is 10.3. The predicted octanol–water partition coefficient (Wildman–Crippen LogP) is 15.3. The summed E-state index contributed by atoms with van der Waals surface area (Å²) >= 11 is 0. The molecule has 4 heterocycles. The molecule has 0 saturated heterocycles. The Morgan fingerprint density at radius 1 is 0.400 bits per heavy atom. The SMILES string of the molecule is N#Cc1ccc2c(c1)c1cc(C#N)ccc1n2-c1ccc2oc3c(CCCc4ccc(-c5ccc6c(c5)c5ccccc5n6-c5cccc6c5oc5ccccc56)cc4)cccc3c2c1. The van der Waals surface area contributed by atoms with E-state index in [0.29, 0.717) is 11.1 Å². The van der Waals surface area contributed by atoms with E-state index in [0.717, 1.165) is 107 Å². The third kappa shape index (κ3) is 5.71. The van der Waals surface area contributed by atoms with Crippen molar-refractivity contribution in [3.8, 4) is 34.6 Å². The van der Waals surface area contributed by atoms with E-state index in [1.807, 2.05) is 48.5 Å². The average molecular weight is 833 g/mol. The molecular formula is C59H36N4O2. The van der Waals surface area contributed by atoms with E-state index in [9.17, 15) is 10.5 Å². The maximum Gasteiger partial charge on any atom is 0.159 e. The van der Waals surface area contributed by atoms with Gasteiger partial charge < -0.3 is 18.0 Å². The molecule has 0 radical (unpaired) electrons. The maximum absolute atomic E-state index is 9.66. The van der Waals surface area contributed by atoms with E-state index in [2.05, 4.69) is 155 Å². The second-order valence-corrected chi connectivity index (χ2v) is 17.0. The molecule has 6 nitrogen and oxygen atoms in total. The third-order valence-corrected chi connectivity index (χ3v) is 13.3. The van der Waals surface area contributed by atoms with Crippen LogP contribution in [0.2, 0.25) is 0 Å². The molecule has 0 amide bonds. The first-order chi connectivity index (χ1) is 32.1. The quantitative estimate of drug-likeness (QED) is 0.160. The van der Waals surface area contributed by atoms with Gasteiger partial charge in [-0.3, -0.25) is 0 Å². The number of fused-ring (bicyclic) bond motifs is 12. The van der Waals surface area contributed by atoms with Crippen LogP contribution in [0.1, 0.15) is 28.7 Å². The number of hydrogen-bond donors (Lipinski definition) is 0. The summed E-state index contributed by atoms with van der Waals surface area (Å²) < 4.78 is 17.6. The highest BCUT2D eigenvalue weighted by Crippen LogP contribution is 2.40. The summed E-state index contributed by atoms with van der Waals surface area (Å²) in [6, 6.07) is 68.1. The lowest BCUT2D eigenvalue weighted by molar-refractivity contribution is 0.659. The smallest absolute Gasteiger partial charge is 0.159 e. The first-order valence-corrected chi connectivity index (χ1v) is 22.0. The van der Waals surface area contributed by atoms with Crippen LogP contribution in [0.5, 0.6) is 0 Å². The normalized spacial score (nSPS) is 11.8. The van der Waals surface area contributed by atoms with Crippen LogP contribution < -0.4 is 0 Å². The minimum absolute atomic E-state index is 0.587. The number of aromatic nitrogens is 2. The van der Waals surface area contributed by atoms with Crippen molar-refractivity contribution in [2.24, 2.45) is 0 Å². The second-order valence-electron chi connectivity index (χ2n) is 17.0. The van der Waals surface area contributed by atoms with Crippen molar-refractivity contribution in [1.82, 2.24) is 9.13 Å². The molecule has 0 fully saturated rings. The van der Waals surface area contributed by atoms with E-state index in [4.69, 9.17) is 8.83 Å². The highest BCUT2D eigenvalue weighted by molar-refractivity contribution is 6.14. The Labute approximate surface area is 372 Å². The molecule has 0 aliphatic carbocycles. The number of furan rings is 2. The van der Waals surface area contributed by atoms with Gasteiger partial charge in [-0.15, -0.1) is 0 Å². The van der Waals surface area contributed by atoms with Gasteiger partial charge in [-0.1, -0.05) is 97.1 Å². The minimum atomic E-state index is 0.587. The topological polar surface area (TPSA) is 83.7 Å². The Kier molecular flexibility index (Phi) is 8.12. The van der Waals surface area contributed by atoms with Crippen molar-refractivity contribution in [2.75, 3.05) is 0 Å². The highest BCUT2D eigenvalue weighted by atomic mass is 16.3. The van der Waals surface area contributed by atoms with Crippen molar-refractivity contribution >= 4 is 87.5 Å². The summed E-state index contributed by atoms with van der Waals surface area (Å²) in [7, 11) is 0. The fourth-order valence-electron chi connectivity index (χ4n) is 10.3. The van der Waals surface area contributed by atoms with E-state index < -0.39 is 0 Å². The van der Waals surface area contributed by atoms with Gasteiger partial charge in [0, 0.05) is 48.8 Å². The minimum Gasteiger partial charge on any atom is -0.456 e. The van der Waals surface area contributed by atoms with Crippen molar-refractivity contribution in [3.63, 3.8) is 0 Å². The van der Waals surface area contributed by atoms with Crippen molar-refractivity contribution in [2.45, 2.75) is 19.3 Å². The summed E-state index contributed by atoms with van der Waals surface area (Å²) in [6.45, 7) is 0. The van der Waals surface area contributed by atoms with Crippen LogP contribution in [0, 0.1) is 22.7 Å². The van der Waals surface area contributed by atoms with Gasteiger partial charge in [0.05, 0.1) is 51.0 Å². The molecule has 0 atom stereocenters. The zero-order valence-electron chi connectivity index (χ0n) is 35.0. The van der Waals surface area contributed by atoms with Gasteiger partial charge in [0.1, 0.15) is 16.7 Å². The van der Waals surface area contributed by atoms with Crippen molar-refractivity contribution in [3.05, 3.63) is 204 Å². The summed E-state index contributed by atoms with van der Waals surface area (Å²) in [5.41, 5.74) is 15.9. The van der Waals surface area contributed by atoms with Crippen LogP contribution >= 0.6 is 0 Å². The third-order valence-electron chi connectivity index (χ3n) is 13.3. The fraction of sp³-hybridized carbons (Fsp3) is 0.0508. The highest BCUT2D eigenvalue weighted by Gasteiger charge is 2.20. The number of para-hydroxylation sites is 4. The molecule has 0 spiro atoms. The molecule has 0 aliphatic rings. The van der Waals surface area contributed by atoms with E-state index in [1.165, 1.54) is 33.0 Å². The number of aryl methyl sites for hydroxylation is 2. The zero-order chi connectivity index (χ0) is 43.2. The molecule has 13 rings (SSSR count). The van der Waals surface area contributed by atoms with Gasteiger partial charge in [-0.05, 0) is 126 Å². The largest absolute Gasteiger partial charge is 0.456 e. The Bertz CT molecular complexity index is 4110. The van der Waals surface area contributed by atoms with E-state index in [1.54, 1.807) is 0 Å². The molecule has 0 bridgehead atoms. The lowest BCUT2D eigenvalue weighted by Crippen LogP contribution is -1.94. The Hall–Kier alpha value is -8.84. The van der Waals surface area contributed by atoms with Gasteiger partial charge in [-0.25, -0.2) is 0 Å². The zero-order valence-corrected chi connectivity index (χ0v) is 35.0. The van der Waals surface area contributed by atoms with Gasteiger partial charge in [0.25, 0.3) is 0 Å². The van der Waals surface area contributed by atoms with Crippen LogP contribution in [0.25, 0.3) is 110 Å². The molecule has 9 aromatic carbocycles. The molecule has 0 aliphatic heterocycles. The van der Waals surface area contributed by atoms with Crippen LogP contribution in [0.15, 0.2) is 191 Å². The van der Waals surface area contributed by atoms with Crippen LogP contribution in [-0.4, -0.2) is 9.13 Å². The van der Waals surface area contributed by atoms with Gasteiger partial charge in [0.2, 0.25) is 0 Å². The van der Waals surface area contributed by atoms with Gasteiger partial charge in [-0.2, -0.15) is 10.5 Å². The monoisotopic (exact) mass is 832 g/mol. The lowest BCUT2D eigenvalue weighted by Gasteiger charge is -2.09. The summed E-state index contributed by atoms with van der Waals surface area (Å²) in [5, 5.41) is 28.0. The Balaban J connectivity index is 0.775. The molecule has 0 saturated carbocycles. The summed E-state index contributed by atoms with van der Waals surface area (Å²) in [5.74, 6) is 0. The van der Waals surface area contributed by atoms with Crippen molar-refractivity contribution in [1.29, 1.82) is 10.5 Å². The van der Waals surface area contributed by atoms with Crippen LogP contribution in [0.4, 0.5) is 0 Å². The summed E-state index contributed by atoms with van der Waals surface area (Å²) in [4.78, 5) is 0. The van der Waals surface area contributed by atoms with E-state index in [-0.39, 0.29) is 0 Å². The first-order valence-electron chi connectivity index (χ1n) is 22.0. The van der Waals surface area contributed by atoms with Crippen LogP contribution in [-0.2, 0) is 12.8 Å². The Morgan fingerprint density at radius 2 is 1.00 bits per heavy atom. The van der Waals surface area contributed by atoms with Crippen molar-refractivity contribution < 1.29 is 8.83 Å². The molecule has 0 unspecified atom stereocenters. The molecule has 65 heavy (non-hydrogen) atoms. The van der Waals surface area contributed by atoms with Gasteiger partial charge in [0.15, 0.2) is 5.58 Å². The molecule has 13 aromatic rings. The molecular weight excluding hydrogens is 797 g/mol. The van der Waals surface area contributed by atoms with Crippen LogP contribution in [0.3, 0.4) is 0 Å². The standard InChI is InChI=1S/C59H36N4O2/c60-34-37-20-26-52-47(30-37)48-31-38(35-61)21-27-53(48)62(52)42-25-29-57-50(33-42)46-13-6-10-40(58(46)64-57)9-5-8-36-18-22-39(23-19-36)41-24-28-54-49(32-41)43-11-1-3-15-51(43)63(54)55-16-7-14-45-44-12-2-4-17-56(44)65-59(45)55/h1-4,6-7,10-33H,5,8-9H2. The lowest BCUT2D eigenvalue weighted by atomic mass is 9.98. The van der Waals surface area contributed by atoms with Gasteiger partial charge >= 0.3 is 0 Å². The Morgan fingerprint density at radius 3 is 1.78 bits per heavy atom. The predicted molar refractivity (Wildman–Crippen MR) is 263 cm³/mol. The number of nitrogens with zero attached hydrogens (tertiary/aromatic N) is 4. The number of benzene rings is 9. The second kappa shape index (κ2) is 14.4. The number of hydrogen-bond acceptors (Lipinski definition) is 4. The molecule has 4 aromatic heterocycles. The summed E-state index contributed by atoms with van der Waals surface area (Å²) in [6.07, 6.45) is 2.83. The maximum atomic E-state index is 9.66. The number of nitriles is 2. The van der Waals surface area contributed by atoms with E-state index >= 15 is 0 Å². The average Bonchev–Trinajstić information content (AvgIpc) is 4.11. The molecule has 6 heteroatoms. The number of rotatable bonds is 7.